The number of ether oxygens (including phenoxy) is 5. The maximum atomic E-state index is 13.2. The van der Waals surface area contributed by atoms with Crippen molar-refractivity contribution in [3.05, 3.63) is 52.9 Å². The Morgan fingerprint density at radius 3 is 2.17 bits per heavy atom. The van der Waals surface area contributed by atoms with Gasteiger partial charge in [0, 0.05) is 12.1 Å². The van der Waals surface area contributed by atoms with Crippen LogP contribution < -0.4 is 14.9 Å². The smallest absolute Gasteiger partial charge is 0.229 e. The first-order valence-corrected chi connectivity index (χ1v) is 13.1. The summed E-state index contributed by atoms with van der Waals surface area (Å²) in [6, 6.07) is 9.07. The Morgan fingerprint density at radius 2 is 1.48 bits per heavy atom. The molecule has 10 atom stereocenters. The monoisotopic (exact) mass is 592 g/mol. The molecule has 2 aliphatic heterocycles. The fourth-order valence-electron chi connectivity index (χ4n) is 4.87. The van der Waals surface area contributed by atoms with E-state index in [1.54, 1.807) is 24.3 Å². The molecule has 0 unspecified atom stereocenters. The molecule has 0 bridgehead atoms. The summed E-state index contributed by atoms with van der Waals surface area (Å²) >= 11 is 0. The van der Waals surface area contributed by atoms with Crippen LogP contribution in [0.4, 0.5) is 0 Å². The van der Waals surface area contributed by atoms with E-state index in [1.165, 1.54) is 26.4 Å². The molecule has 3 heterocycles. The molecule has 0 aliphatic carbocycles. The van der Waals surface area contributed by atoms with Crippen molar-refractivity contribution < 1.29 is 63.8 Å². The zero-order valence-corrected chi connectivity index (χ0v) is 22.5. The lowest BCUT2D eigenvalue weighted by Gasteiger charge is -2.42. The summed E-state index contributed by atoms with van der Waals surface area (Å²) in [6.45, 7) is 0.987. The fourth-order valence-corrected chi connectivity index (χ4v) is 4.87. The van der Waals surface area contributed by atoms with Gasteiger partial charge in [-0.2, -0.15) is 0 Å². The maximum absolute atomic E-state index is 13.2. The van der Waals surface area contributed by atoms with Crippen LogP contribution in [-0.4, -0.2) is 111 Å². The van der Waals surface area contributed by atoms with Gasteiger partial charge in [-0.05, 0) is 24.6 Å². The molecule has 228 valence electrons. The number of phenols is 1. The molecule has 1 aromatic heterocycles. The van der Waals surface area contributed by atoms with Gasteiger partial charge in [-0.25, -0.2) is 0 Å². The van der Waals surface area contributed by atoms with Crippen LogP contribution in [0.3, 0.4) is 0 Å². The van der Waals surface area contributed by atoms with Crippen LogP contribution in [0.5, 0.6) is 17.2 Å². The summed E-state index contributed by atoms with van der Waals surface area (Å²) in [4.78, 5) is 13.2. The van der Waals surface area contributed by atoms with Gasteiger partial charge >= 0.3 is 0 Å². The molecule has 0 amide bonds. The number of aliphatic hydroxyl groups is 6. The Hall–Kier alpha value is -3.31. The van der Waals surface area contributed by atoms with Crippen molar-refractivity contribution >= 4 is 11.0 Å². The van der Waals surface area contributed by atoms with Crippen LogP contribution >= 0.6 is 0 Å². The minimum absolute atomic E-state index is 0.0312. The van der Waals surface area contributed by atoms with Gasteiger partial charge in [0.05, 0.1) is 25.4 Å². The summed E-state index contributed by atoms with van der Waals surface area (Å²) < 4.78 is 32.8. The van der Waals surface area contributed by atoms with Gasteiger partial charge in [0.1, 0.15) is 77.2 Å². The molecule has 3 aromatic rings. The number of aliphatic hydroxyl groups excluding tert-OH is 6. The second-order valence-electron chi connectivity index (χ2n) is 10.2. The average molecular weight is 593 g/mol. The predicted molar refractivity (Wildman–Crippen MR) is 142 cm³/mol. The first-order valence-electron chi connectivity index (χ1n) is 13.1. The van der Waals surface area contributed by atoms with Gasteiger partial charge in [-0.15, -0.1) is 0 Å². The fraction of sp³-hybridized carbons (Fsp3) is 0.464. The second kappa shape index (κ2) is 12.1. The Labute approximate surface area is 238 Å². The van der Waals surface area contributed by atoms with E-state index in [4.69, 9.17) is 28.1 Å². The van der Waals surface area contributed by atoms with Crippen molar-refractivity contribution in [3.8, 4) is 28.4 Å². The lowest BCUT2D eigenvalue weighted by atomic mass is 9.98. The Kier molecular flexibility index (Phi) is 8.71. The molecule has 2 saturated heterocycles. The molecule has 5 rings (SSSR count). The molecule has 0 radical (unpaired) electrons. The van der Waals surface area contributed by atoms with Gasteiger partial charge in [0.2, 0.25) is 11.7 Å². The molecular weight excluding hydrogens is 560 g/mol. The topological polar surface area (TPSA) is 218 Å². The van der Waals surface area contributed by atoms with Gasteiger partial charge < -0.3 is 63.8 Å². The predicted octanol–water partition coefficient (Wildman–Crippen LogP) is -0.795. The minimum Gasteiger partial charge on any atom is -0.507 e. The summed E-state index contributed by atoms with van der Waals surface area (Å²) in [5, 5.41) is 71.9. The first kappa shape index (κ1) is 30.2. The highest BCUT2D eigenvalue weighted by Crippen LogP contribution is 2.33. The lowest BCUT2D eigenvalue weighted by Crippen LogP contribution is -2.61. The quantitative estimate of drug-likeness (QED) is 0.179. The number of rotatable bonds is 7. The van der Waals surface area contributed by atoms with Crippen molar-refractivity contribution in [1.82, 2.24) is 0 Å². The van der Waals surface area contributed by atoms with E-state index >= 15 is 0 Å². The molecular formula is C28H32O14. The summed E-state index contributed by atoms with van der Waals surface area (Å²) in [5.74, 6) is 0.0283. The highest BCUT2D eigenvalue weighted by molar-refractivity contribution is 5.88. The Bertz CT molecular complexity index is 1440. The van der Waals surface area contributed by atoms with E-state index in [-0.39, 0.29) is 22.3 Å². The van der Waals surface area contributed by atoms with E-state index in [9.17, 15) is 40.5 Å². The molecule has 7 N–H and O–H groups in total. The first-order chi connectivity index (χ1) is 20.0. The van der Waals surface area contributed by atoms with Crippen LogP contribution in [0.1, 0.15) is 6.92 Å². The molecule has 2 fully saturated rings. The largest absolute Gasteiger partial charge is 0.507 e. The Morgan fingerprint density at radius 1 is 0.810 bits per heavy atom. The highest BCUT2D eigenvalue weighted by Gasteiger charge is 2.47. The molecule has 42 heavy (non-hydrogen) atoms. The van der Waals surface area contributed by atoms with E-state index in [0.717, 1.165) is 6.07 Å². The average Bonchev–Trinajstić information content (AvgIpc) is 2.98. The van der Waals surface area contributed by atoms with Crippen molar-refractivity contribution in [1.29, 1.82) is 0 Å². The second-order valence-corrected chi connectivity index (χ2v) is 10.2. The standard InChI is InChI=1S/C28H32O14/c1-11-20(30)23(33)25(35)27(40-11)39-10-18-22(32)24(34)26(36)28(42-18)41-14-7-16(29)19-17(8-14)38-9-15(21(19)31)12-3-5-13(37-2)6-4-12/h3-9,11,18,20,22-30,32-36H,10H2,1-2H3/t11-,18+,20-,22+,23+,24+,25+,26+,27-,28-/m1/s1. The third-order valence-corrected chi connectivity index (χ3v) is 7.39. The molecule has 14 nitrogen and oxygen atoms in total. The zero-order chi connectivity index (χ0) is 30.3. The van der Waals surface area contributed by atoms with E-state index in [2.05, 4.69) is 0 Å². The maximum Gasteiger partial charge on any atom is 0.229 e. The summed E-state index contributed by atoms with van der Waals surface area (Å²) in [7, 11) is 1.52. The van der Waals surface area contributed by atoms with Crippen LogP contribution in [0.2, 0.25) is 0 Å². The van der Waals surface area contributed by atoms with Gasteiger partial charge in [-0.3, -0.25) is 4.79 Å². The SMILES string of the molecule is COc1ccc(-c2coc3cc(O[C@@H]4O[C@@H](CO[C@@H]5O[C@H](C)[C@@H](O)[C@H](O)[C@@H]5O)[C@H](O)[C@H](O)[C@@H]4O)cc(O)c3c2=O)cc1. The van der Waals surface area contributed by atoms with E-state index in [0.29, 0.717) is 11.3 Å². The van der Waals surface area contributed by atoms with Gasteiger partial charge in [-0.1, -0.05) is 12.1 Å². The van der Waals surface area contributed by atoms with Crippen LogP contribution in [0.15, 0.2) is 51.9 Å². The van der Waals surface area contributed by atoms with Crippen molar-refractivity contribution in [2.45, 2.75) is 68.3 Å². The number of methoxy groups -OCH3 is 1. The molecule has 2 aliphatic rings. The number of aromatic hydroxyl groups is 1. The number of fused-ring (bicyclic) bond motifs is 1. The van der Waals surface area contributed by atoms with Gasteiger partial charge in [0.15, 0.2) is 6.29 Å². The third-order valence-electron chi connectivity index (χ3n) is 7.39. The summed E-state index contributed by atoms with van der Waals surface area (Å²) in [5.41, 5.74) is 0.200. The summed E-state index contributed by atoms with van der Waals surface area (Å²) in [6.07, 6.45) is -13.6. The number of phenolic OH excluding ortho intramolecular Hbond substituents is 1. The molecule has 0 spiro atoms. The molecule has 0 saturated carbocycles. The van der Waals surface area contributed by atoms with Crippen molar-refractivity contribution in [2.75, 3.05) is 13.7 Å². The normalized spacial score (nSPS) is 33.4. The molecule has 2 aromatic carbocycles. The van der Waals surface area contributed by atoms with Crippen molar-refractivity contribution in [3.63, 3.8) is 0 Å². The number of hydrogen-bond acceptors (Lipinski definition) is 14. The van der Waals surface area contributed by atoms with Crippen LogP contribution in [0.25, 0.3) is 22.1 Å². The third kappa shape index (κ3) is 5.68. The number of hydrogen-bond donors (Lipinski definition) is 7. The molecule has 14 heteroatoms. The van der Waals surface area contributed by atoms with Gasteiger partial charge in [0.25, 0.3) is 0 Å². The minimum atomic E-state index is -1.75. The van der Waals surface area contributed by atoms with Crippen molar-refractivity contribution in [2.24, 2.45) is 0 Å². The van der Waals surface area contributed by atoms with E-state index < -0.39 is 79.2 Å². The Balaban J connectivity index is 1.33. The zero-order valence-electron chi connectivity index (χ0n) is 22.5. The van der Waals surface area contributed by atoms with Crippen LogP contribution in [-0.2, 0) is 14.2 Å². The lowest BCUT2D eigenvalue weighted by molar-refractivity contribution is -0.318. The highest BCUT2D eigenvalue weighted by atomic mass is 16.7. The van der Waals surface area contributed by atoms with Crippen LogP contribution in [0, 0.1) is 0 Å². The number of benzene rings is 2. The van der Waals surface area contributed by atoms with E-state index in [1.807, 2.05) is 0 Å².